The minimum Gasteiger partial charge on any atom is -0.497 e. The fourth-order valence-corrected chi connectivity index (χ4v) is 5.22. The van der Waals surface area contributed by atoms with Crippen LogP contribution in [0.3, 0.4) is 0 Å². The van der Waals surface area contributed by atoms with Crippen molar-refractivity contribution in [2.24, 2.45) is 5.10 Å². The van der Waals surface area contributed by atoms with Crippen LogP contribution in [0.1, 0.15) is 60.9 Å². The number of amides is 1. The zero-order chi connectivity index (χ0) is 26.5. The largest absolute Gasteiger partial charge is 0.497 e. The van der Waals surface area contributed by atoms with Gasteiger partial charge in [-0.05, 0) is 70.0 Å². The van der Waals surface area contributed by atoms with Crippen molar-refractivity contribution in [3.05, 3.63) is 58.7 Å². The summed E-state index contributed by atoms with van der Waals surface area (Å²) in [7, 11) is 3.24. The van der Waals surface area contributed by atoms with Crippen molar-refractivity contribution in [2.45, 2.75) is 58.5 Å². The molecule has 2 aliphatic heterocycles. The van der Waals surface area contributed by atoms with E-state index in [1.54, 1.807) is 26.2 Å². The number of piperidine rings is 1. The number of aryl methyl sites for hydroxylation is 2. The van der Waals surface area contributed by atoms with Crippen molar-refractivity contribution >= 4 is 17.6 Å². The molecule has 1 amide bonds. The second kappa shape index (κ2) is 11.8. The van der Waals surface area contributed by atoms with Crippen molar-refractivity contribution in [1.82, 2.24) is 9.91 Å². The Bertz CT molecular complexity index is 1180. The quantitative estimate of drug-likeness (QED) is 0.492. The molecule has 0 unspecified atom stereocenters. The summed E-state index contributed by atoms with van der Waals surface area (Å²) in [5, 5.41) is 6.46. The Labute approximate surface area is 219 Å². The van der Waals surface area contributed by atoms with Gasteiger partial charge in [-0.1, -0.05) is 24.1 Å². The summed E-state index contributed by atoms with van der Waals surface area (Å²) in [6.07, 6.45) is 3.11. The van der Waals surface area contributed by atoms with E-state index in [1.165, 1.54) is 0 Å². The molecule has 0 aromatic heterocycles. The van der Waals surface area contributed by atoms with E-state index < -0.39 is 6.04 Å². The minimum atomic E-state index is -0.410. The van der Waals surface area contributed by atoms with Crippen molar-refractivity contribution in [3.63, 3.8) is 0 Å². The van der Waals surface area contributed by atoms with Gasteiger partial charge in [0.05, 0.1) is 39.1 Å². The molecule has 2 aliphatic rings. The number of nitrogens with zero attached hydrogens (tertiary/aromatic N) is 3. The number of likely N-dealkylation sites (tertiary alicyclic amines) is 1. The van der Waals surface area contributed by atoms with Gasteiger partial charge in [0.15, 0.2) is 0 Å². The van der Waals surface area contributed by atoms with Crippen LogP contribution in [0.15, 0.2) is 41.5 Å². The molecular formula is C29H37N3O5. The van der Waals surface area contributed by atoms with Crippen LogP contribution in [0.25, 0.3) is 0 Å². The number of hydrogen-bond acceptors (Lipinski definition) is 7. The van der Waals surface area contributed by atoms with Crippen LogP contribution in [0.5, 0.6) is 11.5 Å². The van der Waals surface area contributed by atoms with Gasteiger partial charge in [0.25, 0.3) is 5.91 Å². The average Bonchev–Trinajstić information content (AvgIpc) is 3.35. The van der Waals surface area contributed by atoms with E-state index in [0.29, 0.717) is 37.5 Å². The molecule has 1 fully saturated rings. The molecule has 0 spiro atoms. The Balaban J connectivity index is 1.70. The number of rotatable bonds is 8. The number of hydrogen-bond donors (Lipinski definition) is 0. The van der Waals surface area contributed by atoms with Gasteiger partial charge in [-0.2, -0.15) is 5.10 Å². The molecule has 8 nitrogen and oxygen atoms in total. The summed E-state index contributed by atoms with van der Waals surface area (Å²) in [6, 6.07) is 11.1. The highest BCUT2D eigenvalue weighted by molar-refractivity contribution is 6.04. The van der Waals surface area contributed by atoms with Gasteiger partial charge in [0.1, 0.15) is 17.5 Å². The Morgan fingerprint density at radius 1 is 1.05 bits per heavy atom. The Kier molecular flexibility index (Phi) is 8.48. The molecule has 0 saturated carbocycles. The predicted molar refractivity (Wildman–Crippen MR) is 142 cm³/mol. The number of ether oxygens (including phenoxy) is 3. The van der Waals surface area contributed by atoms with Gasteiger partial charge in [0.2, 0.25) is 0 Å². The SMILES string of the molecule is CCOC(=O)[C@H]1CCCCN1CC(=O)N1N=C(c2cc(C)ccc2C)C[C@H]1c1cc(OC)ccc1OC. The lowest BCUT2D eigenvalue weighted by Gasteiger charge is -2.34. The first-order chi connectivity index (χ1) is 17.9. The average molecular weight is 508 g/mol. The number of methoxy groups -OCH3 is 2. The molecule has 37 heavy (non-hydrogen) atoms. The number of hydrazone groups is 1. The zero-order valence-corrected chi connectivity index (χ0v) is 22.5. The van der Waals surface area contributed by atoms with Gasteiger partial charge in [-0.3, -0.25) is 14.5 Å². The lowest BCUT2D eigenvalue weighted by molar-refractivity contribution is -0.152. The molecule has 0 bridgehead atoms. The summed E-state index contributed by atoms with van der Waals surface area (Å²) in [4.78, 5) is 28.4. The first-order valence-corrected chi connectivity index (χ1v) is 13.0. The van der Waals surface area contributed by atoms with Crippen LogP contribution >= 0.6 is 0 Å². The maximum absolute atomic E-state index is 13.9. The van der Waals surface area contributed by atoms with Crippen LogP contribution in [0.2, 0.25) is 0 Å². The molecular weight excluding hydrogens is 470 g/mol. The van der Waals surface area contributed by atoms with Gasteiger partial charge in [-0.15, -0.1) is 0 Å². The summed E-state index contributed by atoms with van der Waals surface area (Å²) < 4.78 is 16.5. The van der Waals surface area contributed by atoms with Gasteiger partial charge >= 0.3 is 5.97 Å². The summed E-state index contributed by atoms with van der Waals surface area (Å²) in [5.74, 6) is 0.929. The molecule has 0 N–H and O–H groups in total. The third-order valence-corrected chi connectivity index (χ3v) is 7.18. The second-order valence-electron chi connectivity index (χ2n) is 9.67. The van der Waals surface area contributed by atoms with Crippen LogP contribution in [0.4, 0.5) is 0 Å². The highest BCUT2D eigenvalue weighted by Gasteiger charge is 2.38. The maximum atomic E-state index is 13.9. The Hall–Kier alpha value is -3.39. The Morgan fingerprint density at radius 3 is 2.59 bits per heavy atom. The number of carbonyl (C=O) groups excluding carboxylic acids is 2. The lowest BCUT2D eigenvalue weighted by atomic mass is 9.94. The van der Waals surface area contributed by atoms with Crippen molar-refractivity contribution < 1.29 is 23.8 Å². The van der Waals surface area contributed by atoms with E-state index in [2.05, 4.69) is 32.0 Å². The van der Waals surface area contributed by atoms with Crippen LogP contribution < -0.4 is 9.47 Å². The van der Waals surface area contributed by atoms with Gasteiger partial charge < -0.3 is 14.2 Å². The molecule has 1 saturated heterocycles. The molecule has 0 aliphatic carbocycles. The van der Waals surface area contributed by atoms with E-state index in [0.717, 1.165) is 40.8 Å². The molecule has 2 aromatic carbocycles. The summed E-state index contributed by atoms with van der Waals surface area (Å²) in [6.45, 7) is 7.00. The third kappa shape index (κ3) is 5.80. The van der Waals surface area contributed by atoms with Crippen molar-refractivity contribution in [3.8, 4) is 11.5 Å². The van der Waals surface area contributed by atoms with E-state index >= 15 is 0 Å². The Morgan fingerprint density at radius 2 is 1.86 bits per heavy atom. The first-order valence-electron chi connectivity index (χ1n) is 13.0. The van der Waals surface area contributed by atoms with E-state index in [1.807, 2.05) is 23.1 Å². The lowest BCUT2D eigenvalue weighted by Crippen LogP contribution is -2.49. The van der Waals surface area contributed by atoms with Gasteiger partial charge in [-0.25, -0.2) is 5.01 Å². The maximum Gasteiger partial charge on any atom is 0.323 e. The zero-order valence-electron chi connectivity index (χ0n) is 22.5. The highest BCUT2D eigenvalue weighted by Crippen LogP contribution is 2.40. The van der Waals surface area contributed by atoms with Crippen molar-refractivity contribution in [2.75, 3.05) is 33.9 Å². The summed E-state index contributed by atoms with van der Waals surface area (Å²) in [5.41, 5.74) is 4.96. The molecule has 4 rings (SSSR count). The monoisotopic (exact) mass is 507 g/mol. The predicted octanol–water partition coefficient (Wildman–Crippen LogP) is 4.42. The molecule has 8 heteroatoms. The van der Waals surface area contributed by atoms with Gasteiger partial charge in [0, 0.05) is 17.5 Å². The van der Waals surface area contributed by atoms with Crippen LogP contribution in [-0.4, -0.2) is 67.5 Å². The number of esters is 1. The second-order valence-corrected chi connectivity index (χ2v) is 9.67. The molecule has 2 aromatic rings. The topological polar surface area (TPSA) is 80.7 Å². The van der Waals surface area contributed by atoms with Crippen LogP contribution in [-0.2, 0) is 14.3 Å². The molecule has 198 valence electrons. The molecule has 2 atom stereocenters. The fourth-order valence-electron chi connectivity index (χ4n) is 5.22. The summed E-state index contributed by atoms with van der Waals surface area (Å²) >= 11 is 0. The number of carbonyl (C=O) groups is 2. The highest BCUT2D eigenvalue weighted by atomic mass is 16.5. The third-order valence-electron chi connectivity index (χ3n) is 7.18. The minimum absolute atomic E-state index is 0.0931. The molecule has 0 radical (unpaired) electrons. The first kappa shape index (κ1) is 26.7. The van der Waals surface area contributed by atoms with Crippen molar-refractivity contribution in [1.29, 1.82) is 0 Å². The van der Waals surface area contributed by atoms with Crippen LogP contribution in [0, 0.1) is 13.8 Å². The number of benzene rings is 2. The standard InChI is InChI=1S/C29H37N3O5/c1-6-37-29(34)25-9-7-8-14-31(25)18-28(33)32-26(23-16-21(35-4)12-13-27(23)36-5)17-24(30-32)22-15-19(2)10-11-20(22)3/h10-13,15-16,25-26H,6-9,14,17-18H2,1-5H3/t25-,26+/m1/s1. The van der Waals surface area contributed by atoms with E-state index in [4.69, 9.17) is 19.3 Å². The van der Waals surface area contributed by atoms with E-state index in [9.17, 15) is 9.59 Å². The smallest absolute Gasteiger partial charge is 0.323 e. The fraction of sp³-hybridized carbons (Fsp3) is 0.483. The molecule has 2 heterocycles. The van der Waals surface area contributed by atoms with E-state index in [-0.39, 0.29) is 24.5 Å². The normalized spacial score (nSPS) is 19.9.